The number of benzene rings is 2. The van der Waals surface area contributed by atoms with Gasteiger partial charge in [0.1, 0.15) is 0 Å². The maximum atomic E-state index is 9.56. The Morgan fingerprint density at radius 1 is 1.09 bits per heavy atom. The summed E-state index contributed by atoms with van der Waals surface area (Å²) in [6, 6.07) is 11.4. The van der Waals surface area contributed by atoms with Crippen LogP contribution in [0.25, 0.3) is 0 Å². The van der Waals surface area contributed by atoms with E-state index in [1.165, 1.54) is 5.56 Å². The fourth-order valence-electron chi connectivity index (χ4n) is 2.39. The molecule has 0 bridgehead atoms. The Bertz CT molecular complexity index is 644. The Morgan fingerprint density at radius 2 is 1.91 bits per heavy atom. The van der Waals surface area contributed by atoms with E-state index in [-0.39, 0.29) is 5.75 Å². The Kier molecular flexibility index (Phi) is 4.34. The third kappa shape index (κ3) is 3.26. The van der Waals surface area contributed by atoms with E-state index in [1.807, 2.05) is 24.3 Å². The molecule has 1 aliphatic heterocycles. The molecule has 2 aromatic carbocycles. The van der Waals surface area contributed by atoms with E-state index in [1.54, 1.807) is 13.2 Å². The molecular formula is C17H19NO4. The van der Waals surface area contributed by atoms with Gasteiger partial charge in [-0.25, -0.2) is 0 Å². The van der Waals surface area contributed by atoms with Crippen molar-refractivity contribution in [3.8, 4) is 23.0 Å². The van der Waals surface area contributed by atoms with Crippen LogP contribution < -0.4 is 19.5 Å². The molecule has 116 valence electrons. The van der Waals surface area contributed by atoms with Crippen LogP contribution in [0, 0.1) is 0 Å². The lowest BCUT2D eigenvalue weighted by molar-refractivity contribution is 0.174. The number of ether oxygens (including phenoxy) is 3. The van der Waals surface area contributed by atoms with Crippen molar-refractivity contribution in [1.82, 2.24) is 5.32 Å². The molecule has 0 amide bonds. The van der Waals surface area contributed by atoms with Crippen molar-refractivity contribution in [1.29, 1.82) is 0 Å². The fourth-order valence-corrected chi connectivity index (χ4v) is 2.39. The number of nitrogens with one attached hydrogen (secondary N) is 1. The maximum Gasteiger partial charge on any atom is 0.231 e. The third-order valence-corrected chi connectivity index (χ3v) is 3.60. The van der Waals surface area contributed by atoms with Crippen molar-refractivity contribution in [2.45, 2.75) is 13.0 Å². The van der Waals surface area contributed by atoms with E-state index < -0.39 is 0 Å². The van der Waals surface area contributed by atoms with Crippen molar-refractivity contribution in [2.24, 2.45) is 0 Å². The molecule has 5 heteroatoms. The van der Waals surface area contributed by atoms with Gasteiger partial charge in [-0.1, -0.05) is 12.1 Å². The monoisotopic (exact) mass is 301 g/mol. The quantitative estimate of drug-likeness (QED) is 0.803. The molecule has 1 heterocycles. The van der Waals surface area contributed by atoms with E-state index in [2.05, 4.69) is 11.4 Å². The number of hydrogen-bond donors (Lipinski definition) is 2. The summed E-state index contributed by atoms with van der Waals surface area (Å²) in [4.78, 5) is 0. The zero-order valence-electron chi connectivity index (χ0n) is 12.5. The highest BCUT2D eigenvalue weighted by Crippen LogP contribution is 2.32. The Hall–Kier alpha value is -2.40. The van der Waals surface area contributed by atoms with Crippen LogP contribution in [0.3, 0.4) is 0 Å². The summed E-state index contributed by atoms with van der Waals surface area (Å²) >= 11 is 0. The molecule has 22 heavy (non-hydrogen) atoms. The normalized spacial score (nSPS) is 12.4. The smallest absolute Gasteiger partial charge is 0.231 e. The van der Waals surface area contributed by atoms with Crippen molar-refractivity contribution in [2.75, 3.05) is 20.4 Å². The number of phenols is 1. The average molecular weight is 301 g/mol. The molecule has 3 rings (SSSR count). The van der Waals surface area contributed by atoms with Crippen molar-refractivity contribution in [3.63, 3.8) is 0 Å². The molecule has 2 aromatic rings. The summed E-state index contributed by atoms with van der Waals surface area (Å²) in [5.74, 6) is 2.29. The van der Waals surface area contributed by atoms with Gasteiger partial charge < -0.3 is 24.6 Å². The zero-order valence-corrected chi connectivity index (χ0v) is 12.5. The number of phenolic OH excluding ortho intramolecular Hbond substituents is 1. The van der Waals surface area contributed by atoms with Gasteiger partial charge in [-0.05, 0) is 48.4 Å². The van der Waals surface area contributed by atoms with Gasteiger partial charge >= 0.3 is 0 Å². The second kappa shape index (κ2) is 6.58. The van der Waals surface area contributed by atoms with Gasteiger partial charge in [-0.3, -0.25) is 0 Å². The summed E-state index contributed by atoms with van der Waals surface area (Å²) in [5, 5.41) is 12.9. The molecule has 0 unspecified atom stereocenters. The summed E-state index contributed by atoms with van der Waals surface area (Å²) in [7, 11) is 1.55. The van der Waals surface area contributed by atoms with Gasteiger partial charge in [0.2, 0.25) is 6.79 Å². The average Bonchev–Trinajstić information content (AvgIpc) is 3.00. The van der Waals surface area contributed by atoms with Gasteiger partial charge in [0, 0.05) is 6.54 Å². The predicted octanol–water partition coefficient (Wildman–Crippen LogP) is 2.46. The highest BCUT2D eigenvalue weighted by Gasteiger charge is 2.12. The minimum Gasteiger partial charge on any atom is -0.504 e. The van der Waals surface area contributed by atoms with E-state index in [4.69, 9.17) is 14.2 Å². The SMILES string of the molecule is COc1cc(CNCCc2ccc3c(c2)OCO3)ccc1O. The van der Waals surface area contributed by atoms with Gasteiger partial charge in [0.05, 0.1) is 7.11 Å². The van der Waals surface area contributed by atoms with Crippen LogP contribution in [-0.2, 0) is 13.0 Å². The molecule has 1 aliphatic rings. The van der Waals surface area contributed by atoms with Crippen molar-refractivity contribution in [3.05, 3.63) is 47.5 Å². The molecule has 0 atom stereocenters. The molecule has 0 fully saturated rings. The first-order chi connectivity index (χ1) is 10.8. The van der Waals surface area contributed by atoms with Gasteiger partial charge in [-0.2, -0.15) is 0 Å². The minimum absolute atomic E-state index is 0.159. The number of aromatic hydroxyl groups is 1. The van der Waals surface area contributed by atoms with Crippen LogP contribution >= 0.6 is 0 Å². The summed E-state index contributed by atoms with van der Waals surface area (Å²) in [6.45, 7) is 1.88. The van der Waals surface area contributed by atoms with E-state index in [9.17, 15) is 5.11 Å². The molecule has 0 saturated heterocycles. The Balaban J connectivity index is 1.49. The number of fused-ring (bicyclic) bond motifs is 1. The predicted molar refractivity (Wildman–Crippen MR) is 82.6 cm³/mol. The number of rotatable bonds is 6. The van der Waals surface area contributed by atoms with Gasteiger partial charge in [-0.15, -0.1) is 0 Å². The van der Waals surface area contributed by atoms with Crippen LogP contribution in [-0.4, -0.2) is 25.6 Å². The van der Waals surface area contributed by atoms with Crippen LogP contribution in [0.4, 0.5) is 0 Å². The van der Waals surface area contributed by atoms with Crippen LogP contribution in [0.15, 0.2) is 36.4 Å². The molecule has 0 saturated carbocycles. The third-order valence-electron chi connectivity index (χ3n) is 3.60. The maximum absolute atomic E-state index is 9.56. The first kappa shape index (κ1) is 14.5. The largest absolute Gasteiger partial charge is 0.504 e. The molecule has 0 aliphatic carbocycles. The van der Waals surface area contributed by atoms with Crippen LogP contribution in [0.5, 0.6) is 23.0 Å². The Labute approximate surface area is 129 Å². The lowest BCUT2D eigenvalue weighted by Crippen LogP contribution is -2.16. The van der Waals surface area contributed by atoms with Crippen molar-refractivity contribution < 1.29 is 19.3 Å². The van der Waals surface area contributed by atoms with Gasteiger partial charge in [0.25, 0.3) is 0 Å². The van der Waals surface area contributed by atoms with E-state index in [0.717, 1.165) is 36.6 Å². The van der Waals surface area contributed by atoms with Gasteiger partial charge in [0.15, 0.2) is 23.0 Å². The number of methoxy groups -OCH3 is 1. The number of hydrogen-bond acceptors (Lipinski definition) is 5. The lowest BCUT2D eigenvalue weighted by Gasteiger charge is -2.08. The topological polar surface area (TPSA) is 60.0 Å². The minimum atomic E-state index is 0.159. The molecule has 0 aromatic heterocycles. The van der Waals surface area contributed by atoms with Crippen LogP contribution in [0.2, 0.25) is 0 Å². The molecule has 2 N–H and O–H groups in total. The summed E-state index contributed by atoms with van der Waals surface area (Å²) < 4.78 is 15.8. The fraction of sp³-hybridized carbons (Fsp3) is 0.294. The molecule has 0 spiro atoms. The second-order valence-electron chi connectivity index (χ2n) is 5.12. The summed E-state index contributed by atoms with van der Waals surface area (Å²) in [6.07, 6.45) is 0.909. The summed E-state index contributed by atoms with van der Waals surface area (Å²) in [5.41, 5.74) is 2.28. The highest BCUT2D eigenvalue weighted by molar-refractivity contribution is 5.44. The van der Waals surface area contributed by atoms with Crippen LogP contribution in [0.1, 0.15) is 11.1 Å². The van der Waals surface area contributed by atoms with E-state index in [0.29, 0.717) is 12.5 Å². The second-order valence-corrected chi connectivity index (χ2v) is 5.12. The Morgan fingerprint density at radius 3 is 2.77 bits per heavy atom. The molecule has 0 radical (unpaired) electrons. The standard InChI is InChI=1S/C17H19NO4/c1-20-16-9-13(2-4-14(16)19)10-18-7-6-12-3-5-15-17(8-12)22-11-21-15/h2-5,8-9,18-19H,6-7,10-11H2,1H3. The first-order valence-corrected chi connectivity index (χ1v) is 7.21. The zero-order chi connectivity index (χ0) is 15.4. The molecular weight excluding hydrogens is 282 g/mol. The van der Waals surface area contributed by atoms with Crippen molar-refractivity contribution >= 4 is 0 Å². The van der Waals surface area contributed by atoms with E-state index >= 15 is 0 Å². The lowest BCUT2D eigenvalue weighted by atomic mass is 10.1. The molecule has 5 nitrogen and oxygen atoms in total. The first-order valence-electron chi connectivity index (χ1n) is 7.21. The highest BCUT2D eigenvalue weighted by atomic mass is 16.7.